The maximum absolute atomic E-state index is 12.7. The highest BCUT2D eigenvalue weighted by Gasteiger charge is 2.27. The van der Waals surface area contributed by atoms with Crippen LogP contribution in [0, 0.1) is 11.3 Å². The number of aliphatic hydroxyl groups excluding tert-OH is 1. The van der Waals surface area contributed by atoms with Gasteiger partial charge in [-0.25, -0.2) is 13.8 Å². The van der Waals surface area contributed by atoms with Gasteiger partial charge in [0, 0.05) is 6.20 Å². The van der Waals surface area contributed by atoms with Crippen LogP contribution in [0.25, 0.3) is 0 Å². The van der Waals surface area contributed by atoms with Gasteiger partial charge in [0.15, 0.2) is 5.69 Å². The Balaban J connectivity index is 2.70. The topological polar surface area (TPSA) is 68.9 Å². The Kier molecular flexibility index (Phi) is 3.52. The zero-order valence-electron chi connectivity index (χ0n) is 7.74. The fourth-order valence-corrected chi connectivity index (χ4v) is 0.917. The minimum atomic E-state index is -3.21. The highest BCUT2D eigenvalue weighted by molar-refractivity contribution is 5.53. The third-order valence-electron chi connectivity index (χ3n) is 1.68. The molecule has 0 aliphatic rings. The molecule has 0 radical (unpaired) electrons. The molecule has 2 N–H and O–H groups in total. The van der Waals surface area contributed by atoms with Crippen LogP contribution in [0.5, 0.6) is 0 Å². The predicted octanol–water partition coefficient (Wildman–Crippen LogP) is 0.993. The third kappa shape index (κ3) is 3.14. The molecular formula is C9H9F2N3O. The molecule has 1 aromatic heterocycles. The summed E-state index contributed by atoms with van der Waals surface area (Å²) >= 11 is 0. The Bertz CT molecular complexity index is 376. The Morgan fingerprint density at radius 3 is 2.93 bits per heavy atom. The van der Waals surface area contributed by atoms with Crippen molar-refractivity contribution in [2.24, 2.45) is 0 Å². The molecule has 80 valence electrons. The molecule has 0 aliphatic carbocycles. The van der Waals surface area contributed by atoms with E-state index in [1.165, 1.54) is 18.3 Å². The molecule has 0 aromatic carbocycles. The smallest absolute Gasteiger partial charge is 0.287 e. The van der Waals surface area contributed by atoms with Crippen LogP contribution in [0.15, 0.2) is 18.3 Å². The number of nitriles is 1. The average molecular weight is 213 g/mol. The van der Waals surface area contributed by atoms with Crippen molar-refractivity contribution >= 4 is 5.69 Å². The van der Waals surface area contributed by atoms with E-state index in [1.807, 2.05) is 0 Å². The number of aliphatic hydroxyl groups is 1. The summed E-state index contributed by atoms with van der Waals surface area (Å²) in [6, 6.07) is 4.77. The number of nitrogens with zero attached hydrogens (tertiary/aromatic N) is 2. The van der Waals surface area contributed by atoms with Crippen LogP contribution in [0.2, 0.25) is 0 Å². The summed E-state index contributed by atoms with van der Waals surface area (Å²) in [7, 11) is 0. The normalized spacial score (nSPS) is 10.8. The van der Waals surface area contributed by atoms with Crippen molar-refractivity contribution in [1.82, 2.24) is 4.98 Å². The van der Waals surface area contributed by atoms with Crippen LogP contribution in [-0.4, -0.2) is 29.2 Å². The first-order valence-corrected chi connectivity index (χ1v) is 4.17. The molecule has 0 spiro atoms. The number of alkyl halides is 2. The van der Waals surface area contributed by atoms with Crippen LogP contribution in [-0.2, 0) is 0 Å². The molecule has 0 fully saturated rings. The summed E-state index contributed by atoms with van der Waals surface area (Å²) in [5.41, 5.74) is 0.277. The van der Waals surface area contributed by atoms with Gasteiger partial charge in [0.25, 0.3) is 5.92 Å². The molecule has 6 heteroatoms. The second kappa shape index (κ2) is 4.66. The summed E-state index contributed by atoms with van der Waals surface area (Å²) in [6.07, 6.45) is 1.40. The summed E-state index contributed by atoms with van der Waals surface area (Å²) in [4.78, 5) is 3.69. The lowest BCUT2D eigenvalue weighted by Gasteiger charge is -2.14. The van der Waals surface area contributed by atoms with E-state index in [0.29, 0.717) is 0 Å². The van der Waals surface area contributed by atoms with Crippen molar-refractivity contribution in [3.8, 4) is 6.07 Å². The number of halogens is 2. The van der Waals surface area contributed by atoms with Crippen LogP contribution < -0.4 is 5.32 Å². The Labute approximate surface area is 85.2 Å². The number of rotatable bonds is 4. The molecule has 1 heterocycles. The molecule has 4 nitrogen and oxygen atoms in total. The van der Waals surface area contributed by atoms with E-state index >= 15 is 0 Å². The third-order valence-corrected chi connectivity index (χ3v) is 1.68. The lowest BCUT2D eigenvalue weighted by molar-refractivity contribution is -0.0372. The van der Waals surface area contributed by atoms with Crippen molar-refractivity contribution in [1.29, 1.82) is 5.26 Å². The van der Waals surface area contributed by atoms with E-state index in [0.717, 1.165) is 0 Å². The standard InChI is InChI=1S/C9H9F2N3O/c10-9(11,6-15)5-14-7-2-1-3-13-8(7)4-12/h1-3,14-15H,5-6H2. The van der Waals surface area contributed by atoms with Gasteiger partial charge < -0.3 is 10.4 Å². The first-order chi connectivity index (χ1) is 7.09. The lowest BCUT2D eigenvalue weighted by Crippen LogP contribution is -2.31. The number of nitrogens with one attached hydrogen (secondary N) is 1. The molecule has 0 amide bonds. The van der Waals surface area contributed by atoms with Crippen molar-refractivity contribution in [2.45, 2.75) is 5.92 Å². The van der Waals surface area contributed by atoms with Gasteiger partial charge >= 0.3 is 0 Å². The second-order valence-corrected chi connectivity index (χ2v) is 2.88. The van der Waals surface area contributed by atoms with Gasteiger partial charge in [0.1, 0.15) is 12.7 Å². The second-order valence-electron chi connectivity index (χ2n) is 2.88. The van der Waals surface area contributed by atoms with E-state index in [2.05, 4.69) is 10.3 Å². The van der Waals surface area contributed by atoms with Gasteiger partial charge in [-0.05, 0) is 12.1 Å². The first-order valence-electron chi connectivity index (χ1n) is 4.17. The highest BCUT2D eigenvalue weighted by Crippen LogP contribution is 2.16. The average Bonchev–Trinajstić information content (AvgIpc) is 2.27. The van der Waals surface area contributed by atoms with Crippen LogP contribution in [0.4, 0.5) is 14.5 Å². The summed E-state index contributed by atoms with van der Waals surface area (Å²) in [5, 5.41) is 19.3. The molecule has 0 unspecified atom stereocenters. The lowest BCUT2D eigenvalue weighted by atomic mass is 10.3. The largest absolute Gasteiger partial charge is 0.390 e. The molecule has 0 saturated heterocycles. The number of hydrogen-bond acceptors (Lipinski definition) is 4. The maximum Gasteiger partial charge on any atom is 0.287 e. The minimum Gasteiger partial charge on any atom is -0.390 e. The van der Waals surface area contributed by atoms with E-state index in [-0.39, 0.29) is 11.4 Å². The van der Waals surface area contributed by atoms with Crippen molar-refractivity contribution in [3.63, 3.8) is 0 Å². The van der Waals surface area contributed by atoms with E-state index in [1.54, 1.807) is 6.07 Å². The molecule has 0 aliphatic heterocycles. The van der Waals surface area contributed by atoms with Gasteiger partial charge in [0.2, 0.25) is 0 Å². The van der Waals surface area contributed by atoms with Crippen molar-refractivity contribution in [3.05, 3.63) is 24.0 Å². The fourth-order valence-electron chi connectivity index (χ4n) is 0.917. The number of anilines is 1. The number of pyridine rings is 1. The van der Waals surface area contributed by atoms with Crippen molar-refractivity contribution in [2.75, 3.05) is 18.5 Å². The summed E-state index contributed by atoms with van der Waals surface area (Å²) in [5.74, 6) is -3.21. The Morgan fingerprint density at radius 1 is 1.60 bits per heavy atom. The Hall–Kier alpha value is -1.74. The van der Waals surface area contributed by atoms with Gasteiger partial charge in [0.05, 0.1) is 12.2 Å². The summed E-state index contributed by atoms with van der Waals surface area (Å²) < 4.78 is 25.3. The minimum absolute atomic E-state index is 0.0474. The van der Waals surface area contributed by atoms with Gasteiger partial charge in [-0.2, -0.15) is 5.26 Å². The quantitative estimate of drug-likeness (QED) is 0.782. The molecule has 15 heavy (non-hydrogen) atoms. The molecular weight excluding hydrogens is 204 g/mol. The Morgan fingerprint density at radius 2 is 2.33 bits per heavy atom. The molecule has 1 aromatic rings. The molecule has 0 atom stereocenters. The molecule has 0 saturated carbocycles. The van der Waals surface area contributed by atoms with Crippen LogP contribution >= 0.6 is 0 Å². The van der Waals surface area contributed by atoms with E-state index in [4.69, 9.17) is 10.4 Å². The molecule has 0 bridgehead atoms. The van der Waals surface area contributed by atoms with Gasteiger partial charge in [-0.3, -0.25) is 0 Å². The SMILES string of the molecule is N#Cc1ncccc1NCC(F)(F)CO. The van der Waals surface area contributed by atoms with Crippen LogP contribution in [0.1, 0.15) is 5.69 Å². The van der Waals surface area contributed by atoms with Crippen molar-refractivity contribution < 1.29 is 13.9 Å². The number of aromatic nitrogens is 1. The zero-order valence-corrected chi connectivity index (χ0v) is 7.74. The van der Waals surface area contributed by atoms with E-state index in [9.17, 15) is 8.78 Å². The number of hydrogen-bond donors (Lipinski definition) is 2. The molecule has 1 rings (SSSR count). The summed E-state index contributed by atoms with van der Waals surface area (Å²) in [6.45, 7) is -1.97. The zero-order chi connectivity index (χ0) is 11.3. The fraction of sp³-hybridized carbons (Fsp3) is 0.333. The monoisotopic (exact) mass is 213 g/mol. The van der Waals surface area contributed by atoms with Gasteiger partial charge in [-0.1, -0.05) is 0 Å². The van der Waals surface area contributed by atoms with Gasteiger partial charge in [-0.15, -0.1) is 0 Å². The van der Waals surface area contributed by atoms with Crippen LogP contribution in [0.3, 0.4) is 0 Å². The predicted molar refractivity (Wildman–Crippen MR) is 49.5 cm³/mol. The highest BCUT2D eigenvalue weighted by atomic mass is 19.3. The maximum atomic E-state index is 12.7. The first kappa shape index (κ1) is 11.3. The van der Waals surface area contributed by atoms with E-state index < -0.39 is 19.1 Å².